The SMILES string of the molecule is Cc1ccccc1NC(=O)c1ccnc(Nc2ccc(C(F)(F)F)cc2)c1. The van der Waals surface area contributed by atoms with Crippen molar-refractivity contribution in [3.05, 3.63) is 83.6 Å². The van der Waals surface area contributed by atoms with E-state index in [1.807, 2.05) is 25.1 Å². The number of aryl methyl sites for hydroxylation is 1. The Morgan fingerprint density at radius 3 is 2.37 bits per heavy atom. The molecular weight excluding hydrogens is 355 g/mol. The van der Waals surface area contributed by atoms with Gasteiger partial charge in [-0.15, -0.1) is 0 Å². The van der Waals surface area contributed by atoms with Gasteiger partial charge in [0.1, 0.15) is 5.82 Å². The topological polar surface area (TPSA) is 54.0 Å². The molecule has 0 atom stereocenters. The quantitative estimate of drug-likeness (QED) is 0.645. The molecule has 4 nitrogen and oxygen atoms in total. The maximum absolute atomic E-state index is 12.6. The van der Waals surface area contributed by atoms with Gasteiger partial charge in [0.15, 0.2) is 0 Å². The number of carbonyl (C=O) groups is 1. The summed E-state index contributed by atoms with van der Waals surface area (Å²) in [6, 6.07) is 15.1. The summed E-state index contributed by atoms with van der Waals surface area (Å²) >= 11 is 0. The highest BCUT2D eigenvalue weighted by Crippen LogP contribution is 2.30. The molecule has 27 heavy (non-hydrogen) atoms. The zero-order chi connectivity index (χ0) is 19.4. The Hall–Kier alpha value is -3.35. The summed E-state index contributed by atoms with van der Waals surface area (Å²) in [6.07, 6.45) is -2.93. The number of nitrogens with one attached hydrogen (secondary N) is 2. The van der Waals surface area contributed by atoms with E-state index in [-0.39, 0.29) is 5.91 Å². The number of anilines is 3. The number of benzene rings is 2. The summed E-state index contributed by atoms with van der Waals surface area (Å²) in [7, 11) is 0. The first kappa shape index (κ1) is 18.4. The summed E-state index contributed by atoms with van der Waals surface area (Å²) in [4.78, 5) is 16.5. The minimum atomic E-state index is -4.38. The number of amides is 1. The molecule has 0 aliphatic carbocycles. The lowest BCUT2D eigenvalue weighted by Crippen LogP contribution is -2.13. The first-order valence-corrected chi connectivity index (χ1v) is 8.10. The van der Waals surface area contributed by atoms with Crippen molar-refractivity contribution in [1.29, 1.82) is 0 Å². The van der Waals surface area contributed by atoms with E-state index >= 15 is 0 Å². The molecule has 0 fully saturated rings. The third-order valence-electron chi connectivity index (χ3n) is 3.90. The Bertz CT molecular complexity index is 953. The molecule has 1 heterocycles. The molecule has 2 aromatic carbocycles. The second kappa shape index (κ2) is 7.49. The standard InChI is InChI=1S/C20H16F3N3O/c1-13-4-2-3-5-17(13)26-19(27)14-10-11-24-18(12-14)25-16-8-6-15(7-9-16)20(21,22)23/h2-12H,1H3,(H,24,25)(H,26,27). The average molecular weight is 371 g/mol. The van der Waals surface area contributed by atoms with Crippen LogP contribution in [0.25, 0.3) is 0 Å². The molecule has 0 saturated carbocycles. The van der Waals surface area contributed by atoms with Crippen LogP contribution in [0.1, 0.15) is 21.5 Å². The van der Waals surface area contributed by atoms with Crippen LogP contribution in [0.2, 0.25) is 0 Å². The zero-order valence-electron chi connectivity index (χ0n) is 14.3. The van der Waals surface area contributed by atoms with E-state index in [0.29, 0.717) is 22.8 Å². The van der Waals surface area contributed by atoms with Crippen LogP contribution in [-0.4, -0.2) is 10.9 Å². The van der Waals surface area contributed by atoms with Crippen LogP contribution >= 0.6 is 0 Å². The smallest absolute Gasteiger partial charge is 0.340 e. The number of alkyl halides is 3. The van der Waals surface area contributed by atoms with Gasteiger partial charge in [-0.2, -0.15) is 13.2 Å². The molecule has 0 aliphatic heterocycles. The maximum atomic E-state index is 12.6. The van der Waals surface area contributed by atoms with Crippen molar-refractivity contribution in [1.82, 2.24) is 4.98 Å². The lowest BCUT2D eigenvalue weighted by atomic mass is 10.1. The summed E-state index contributed by atoms with van der Waals surface area (Å²) in [5.41, 5.74) is 1.72. The number of pyridine rings is 1. The highest BCUT2D eigenvalue weighted by Gasteiger charge is 2.29. The van der Waals surface area contributed by atoms with Crippen LogP contribution in [0.4, 0.5) is 30.4 Å². The number of aromatic nitrogens is 1. The first-order chi connectivity index (χ1) is 12.8. The summed E-state index contributed by atoms with van der Waals surface area (Å²) in [5.74, 6) is 0.0503. The first-order valence-electron chi connectivity index (χ1n) is 8.10. The number of carbonyl (C=O) groups excluding carboxylic acids is 1. The van der Waals surface area contributed by atoms with Crippen molar-refractivity contribution < 1.29 is 18.0 Å². The van der Waals surface area contributed by atoms with Gasteiger partial charge in [0.05, 0.1) is 5.56 Å². The van der Waals surface area contributed by atoms with E-state index in [2.05, 4.69) is 15.6 Å². The van der Waals surface area contributed by atoms with Gasteiger partial charge in [0.25, 0.3) is 5.91 Å². The molecule has 3 aromatic rings. The van der Waals surface area contributed by atoms with Crippen LogP contribution in [-0.2, 0) is 6.18 Å². The Labute approximate surface area is 154 Å². The van der Waals surface area contributed by atoms with E-state index in [1.165, 1.54) is 24.4 Å². The van der Waals surface area contributed by atoms with Crippen molar-refractivity contribution in [3.63, 3.8) is 0 Å². The minimum absolute atomic E-state index is 0.304. The Kier molecular flexibility index (Phi) is 5.12. The molecule has 2 N–H and O–H groups in total. The fraction of sp³-hybridized carbons (Fsp3) is 0.100. The summed E-state index contributed by atoms with van der Waals surface area (Å²) in [6.45, 7) is 1.89. The summed E-state index contributed by atoms with van der Waals surface area (Å²) in [5, 5.41) is 5.72. The van der Waals surface area contributed by atoms with E-state index in [4.69, 9.17) is 0 Å². The van der Waals surface area contributed by atoms with Gasteiger partial charge in [-0.05, 0) is 55.0 Å². The van der Waals surface area contributed by atoms with Crippen LogP contribution in [0, 0.1) is 6.92 Å². The van der Waals surface area contributed by atoms with Crippen molar-refractivity contribution in [3.8, 4) is 0 Å². The molecule has 1 aromatic heterocycles. The van der Waals surface area contributed by atoms with Gasteiger partial charge in [-0.3, -0.25) is 4.79 Å². The number of nitrogens with zero attached hydrogens (tertiary/aromatic N) is 1. The van der Waals surface area contributed by atoms with Crippen molar-refractivity contribution in [2.45, 2.75) is 13.1 Å². The van der Waals surface area contributed by atoms with Crippen molar-refractivity contribution in [2.75, 3.05) is 10.6 Å². The van der Waals surface area contributed by atoms with Crippen LogP contribution in [0.15, 0.2) is 66.9 Å². The highest BCUT2D eigenvalue weighted by molar-refractivity contribution is 6.05. The second-order valence-corrected chi connectivity index (χ2v) is 5.90. The highest BCUT2D eigenvalue weighted by atomic mass is 19.4. The molecule has 0 unspecified atom stereocenters. The maximum Gasteiger partial charge on any atom is 0.416 e. The van der Waals surface area contributed by atoms with Crippen LogP contribution < -0.4 is 10.6 Å². The van der Waals surface area contributed by atoms with Crippen molar-refractivity contribution in [2.24, 2.45) is 0 Å². The van der Waals surface area contributed by atoms with E-state index in [0.717, 1.165) is 17.7 Å². The molecule has 7 heteroatoms. The molecule has 0 aliphatic rings. The van der Waals surface area contributed by atoms with Gasteiger partial charge < -0.3 is 10.6 Å². The Morgan fingerprint density at radius 2 is 1.70 bits per heavy atom. The number of halogens is 3. The fourth-order valence-electron chi connectivity index (χ4n) is 2.44. The Morgan fingerprint density at radius 1 is 1.00 bits per heavy atom. The van der Waals surface area contributed by atoms with Gasteiger partial charge >= 0.3 is 6.18 Å². The van der Waals surface area contributed by atoms with Gasteiger partial charge in [-0.1, -0.05) is 18.2 Å². The second-order valence-electron chi connectivity index (χ2n) is 5.90. The lowest BCUT2D eigenvalue weighted by molar-refractivity contribution is -0.137. The molecule has 3 rings (SSSR count). The van der Waals surface area contributed by atoms with Crippen LogP contribution in [0.3, 0.4) is 0 Å². The number of hydrogen-bond acceptors (Lipinski definition) is 3. The predicted octanol–water partition coefficient (Wildman–Crippen LogP) is 5.40. The third-order valence-corrected chi connectivity index (χ3v) is 3.90. The third kappa shape index (κ3) is 4.63. The van der Waals surface area contributed by atoms with E-state index < -0.39 is 11.7 Å². The number of para-hydroxylation sites is 1. The lowest BCUT2D eigenvalue weighted by Gasteiger charge is -2.11. The average Bonchev–Trinajstić information content (AvgIpc) is 2.63. The molecule has 0 saturated heterocycles. The number of hydrogen-bond donors (Lipinski definition) is 2. The normalized spacial score (nSPS) is 11.1. The molecule has 1 amide bonds. The molecule has 0 spiro atoms. The minimum Gasteiger partial charge on any atom is -0.340 e. The number of rotatable bonds is 4. The fourth-order valence-corrected chi connectivity index (χ4v) is 2.44. The monoisotopic (exact) mass is 371 g/mol. The van der Waals surface area contributed by atoms with Crippen LogP contribution in [0.5, 0.6) is 0 Å². The molecular formula is C20H16F3N3O. The molecule has 0 radical (unpaired) electrons. The van der Waals surface area contributed by atoms with E-state index in [9.17, 15) is 18.0 Å². The van der Waals surface area contributed by atoms with E-state index in [1.54, 1.807) is 12.1 Å². The largest absolute Gasteiger partial charge is 0.416 e. The van der Waals surface area contributed by atoms with Gasteiger partial charge in [0, 0.05) is 23.1 Å². The van der Waals surface area contributed by atoms with Crippen molar-refractivity contribution >= 4 is 23.1 Å². The predicted molar refractivity (Wildman–Crippen MR) is 98.1 cm³/mol. The molecule has 0 bridgehead atoms. The van der Waals surface area contributed by atoms with Gasteiger partial charge in [-0.25, -0.2) is 4.98 Å². The zero-order valence-corrected chi connectivity index (χ0v) is 14.3. The summed E-state index contributed by atoms with van der Waals surface area (Å²) < 4.78 is 37.9. The molecule has 138 valence electrons. The van der Waals surface area contributed by atoms with Gasteiger partial charge in [0.2, 0.25) is 0 Å². The Balaban J connectivity index is 1.73.